The molecule has 0 saturated heterocycles. The lowest BCUT2D eigenvalue weighted by Gasteiger charge is -2.04. The Morgan fingerprint density at radius 2 is 2.08 bits per heavy atom. The highest BCUT2D eigenvalue weighted by atomic mass is 35.5. The number of amides is 1. The summed E-state index contributed by atoms with van der Waals surface area (Å²) >= 11 is 7.70. The van der Waals surface area contributed by atoms with Crippen LogP contribution in [0.4, 0.5) is 0 Å². The maximum Gasteiger partial charge on any atom is 0.244 e. The second-order valence-electron chi connectivity index (χ2n) is 5.10. The molecule has 0 unspecified atom stereocenters. The van der Waals surface area contributed by atoms with Crippen molar-refractivity contribution in [1.29, 1.82) is 0 Å². The van der Waals surface area contributed by atoms with E-state index in [0.717, 1.165) is 21.7 Å². The molecule has 0 aliphatic carbocycles. The van der Waals surface area contributed by atoms with E-state index in [4.69, 9.17) is 11.6 Å². The van der Waals surface area contributed by atoms with E-state index >= 15 is 0 Å². The van der Waals surface area contributed by atoms with E-state index in [1.54, 1.807) is 29.7 Å². The van der Waals surface area contributed by atoms with Crippen LogP contribution in [0.3, 0.4) is 0 Å². The Bertz CT molecular complexity index is 859. The molecule has 3 rings (SSSR count). The van der Waals surface area contributed by atoms with E-state index < -0.39 is 0 Å². The van der Waals surface area contributed by atoms with Crippen LogP contribution in [0, 0.1) is 0 Å². The molecule has 24 heavy (non-hydrogen) atoms. The predicted molar refractivity (Wildman–Crippen MR) is 99.9 cm³/mol. The van der Waals surface area contributed by atoms with Gasteiger partial charge in [-0.1, -0.05) is 35.9 Å². The fourth-order valence-electron chi connectivity index (χ4n) is 2.17. The van der Waals surface area contributed by atoms with Crippen molar-refractivity contribution in [2.75, 3.05) is 0 Å². The van der Waals surface area contributed by atoms with Crippen LogP contribution >= 0.6 is 22.9 Å². The van der Waals surface area contributed by atoms with E-state index in [-0.39, 0.29) is 5.91 Å². The molecule has 1 aromatic carbocycles. The largest absolute Gasteiger partial charge is 0.348 e. The van der Waals surface area contributed by atoms with E-state index in [1.165, 1.54) is 6.08 Å². The van der Waals surface area contributed by atoms with Crippen molar-refractivity contribution in [1.82, 2.24) is 10.3 Å². The molecule has 0 atom stereocenters. The molecule has 0 bridgehead atoms. The van der Waals surface area contributed by atoms with Crippen molar-refractivity contribution >= 4 is 34.9 Å². The van der Waals surface area contributed by atoms with Gasteiger partial charge in [0.15, 0.2) is 0 Å². The number of nitrogens with zero attached hydrogens (tertiary/aromatic N) is 1. The van der Waals surface area contributed by atoms with Gasteiger partial charge in [0.1, 0.15) is 0 Å². The first-order valence-electron chi connectivity index (χ1n) is 7.41. The molecule has 2 heterocycles. The average molecular weight is 355 g/mol. The number of benzene rings is 1. The summed E-state index contributed by atoms with van der Waals surface area (Å²) in [5.41, 5.74) is 2.74. The summed E-state index contributed by atoms with van der Waals surface area (Å²) < 4.78 is 0. The Balaban J connectivity index is 1.61. The van der Waals surface area contributed by atoms with Gasteiger partial charge < -0.3 is 5.32 Å². The monoisotopic (exact) mass is 354 g/mol. The molecular weight excluding hydrogens is 340 g/mol. The number of aromatic nitrogens is 1. The number of hydrogen-bond donors (Lipinski definition) is 1. The number of thiophene rings is 1. The van der Waals surface area contributed by atoms with Crippen LogP contribution in [0.2, 0.25) is 5.02 Å². The topological polar surface area (TPSA) is 42.0 Å². The van der Waals surface area contributed by atoms with Crippen LogP contribution in [-0.4, -0.2) is 10.9 Å². The molecule has 1 amide bonds. The van der Waals surface area contributed by atoms with Crippen molar-refractivity contribution < 1.29 is 4.79 Å². The minimum atomic E-state index is -0.163. The number of carbonyl (C=O) groups is 1. The summed E-state index contributed by atoms with van der Waals surface area (Å²) in [5, 5.41) is 5.51. The number of pyridine rings is 1. The molecule has 1 N–H and O–H groups in total. The Labute approximate surface area is 149 Å². The molecule has 0 aliphatic heterocycles. The molecule has 5 heteroatoms. The lowest BCUT2D eigenvalue weighted by Crippen LogP contribution is -2.20. The Morgan fingerprint density at radius 1 is 1.21 bits per heavy atom. The van der Waals surface area contributed by atoms with Crippen molar-refractivity contribution in [3.63, 3.8) is 0 Å². The number of hydrogen-bond acceptors (Lipinski definition) is 3. The van der Waals surface area contributed by atoms with Crippen molar-refractivity contribution in [2.24, 2.45) is 0 Å². The minimum absolute atomic E-state index is 0.163. The second-order valence-corrected chi connectivity index (χ2v) is 6.45. The van der Waals surface area contributed by atoms with E-state index in [9.17, 15) is 4.79 Å². The van der Waals surface area contributed by atoms with E-state index in [2.05, 4.69) is 10.3 Å². The van der Waals surface area contributed by atoms with Gasteiger partial charge in [0, 0.05) is 23.8 Å². The third-order valence-corrected chi connectivity index (χ3v) is 4.62. The van der Waals surface area contributed by atoms with Gasteiger partial charge in [-0.25, -0.2) is 0 Å². The summed E-state index contributed by atoms with van der Waals surface area (Å²) in [7, 11) is 0. The third kappa shape index (κ3) is 4.31. The molecule has 0 spiro atoms. The number of halogens is 1. The molecule has 120 valence electrons. The van der Waals surface area contributed by atoms with Gasteiger partial charge in [0.2, 0.25) is 5.91 Å². The number of rotatable bonds is 5. The molecule has 3 nitrogen and oxygen atoms in total. The van der Waals surface area contributed by atoms with Gasteiger partial charge in [-0.2, -0.15) is 0 Å². The summed E-state index contributed by atoms with van der Waals surface area (Å²) in [6.45, 7) is 0.451. The zero-order chi connectivity index (χ0) is 16.8. The first-order valence-corrected chi connectivity index (χ1v) is 8.67. The molecule has 0 saturated carbocycles. The summed E-state index contributed by atoms with van der Waals surface area (Å²) in [5.74, 6) is -0.163. The van der Waals surface area contributed by atoms with Gasteiger partial charge in [-0.15, -0.1) is 11.3 Å². The lowest BCUT2D eigenvalue weighted by atomic mass is 10.2. The normalized spacial score (nSPS) is 10.9. The van der Waals surface area contributed by atoms with Crippen molar-refractivity contribution in [2.45, 2.75) is 6.54 Å². The number of carbonyl (C=O) groups excluding carboxylic acids is 1. The Morgan fingerprint density at radius 3 is 2.88 bits per heavy atom. The fraction of sp³-hybridized carbons (Fsp3) is 0.0526. The first kappa shape index (κ1) is 16.4. The van der Waals surface area contributed by atoms with Crippen LogP contribution in [0.1, 0.15) is 11.1 Å². The Kier molecular flexibility index (Phi) is 5.41. The highest BCUT2D eigenvalue weighted by molar-refractivity contribution is 7.13. The van der Waals surface area contributed by atoms with Crippen molar-refractivity contribution in [3.8, 4) is 10.6 Å². The fourth-order valence-corrected chi connectivity index (χ4v) is 3.06. The van der Waals surface area contributed by atoms with Crippen LogP contribution in [0.5, 0.6) is 0 Å². The van der Waals surface area contributed by atoms with Gasteiger partial charge in [0.05, 0.1) is 10.6 Å². The Hall–Kier alpha value is -2.43. The maximum absolute atomic E-state index is 12.0. The van der Waals surface area contributed by atoms with Crippen LogP contribution in [-0.2, 0) is 11.3 Å². The van der Waals surface area contributed by atoms with Crippen LogP contribution in [0.15, 0.2) is 66.2 Å². The molecule has 3 aromatic rings. The van der Waals surface area contributed by atoms with Gasteiger partial charge in [0.25, 0.3) is 0 Å². The summed E-state index contributed by atoms with van der Waals surface area (Å²) in [4.78, 5) is 17.4. The van der Waals surface area contributed by atoms with Gasteiger partial charge in [-0.3, -0.25) is 9.78 Å². The highest BCUT2D eigenvalue weighted by Crippen LogP contribution is 2.23. The van der Waals surface area contributed by atoms with Crippen LogP contribution < -0.4 is 5.32 Å². The van der Waals surface area contributed by atoms with Gasteiger partial charge >= 0.3 is 0 Å². The van der Waals surface area contributed by atoms with Crippen LogP contribution in [0.25, 0.3) is 16.6 Å². The minimum Gasteiger partial charge on any atom is -0.348 e. The zero-order valence-corrected chi connectivity index (χ0v) is 14.3. The van der Waals surface area contributed by atoms with E-state index in [0.29, 0.717) is 11.6 Å². The standard InChI is InChI=1S/C19H15ClN2OS/c20-16-5-2-1-4-15(16)7-8-19(23)22-13-14-9-10-21-17(12-14)18-6-3-11-24-18/h1-12H,13H2,(H,22,23)/b8-7+. The maximum atomic E-state index is 12.0. The SMILES string of the molecule is O=C(/C=C/c1ccccc1Cl)NCc1ccnc(-c2cccs2)c1. The smallest absolute Gasteiger partial charge is 0.244 e. The number of nitrogens with one attached hydrogen (secondary N) is 1. The highest BCUT2D eigenvalue weighted by Gasteiger charge is 2.03. The predicted octanol–water partition coefficient (Wildman–Crippen LogP) is 4.79. The lowest BCUT2D eigenvalue weighted by molar-refractivity contribution is -0.116. The summed E-state index contributed by atoms with van der Waals surface area (Å²) in [6.07, 6.45) is 4.96. The van der Waals surface area contributed by atoms with Crippen molar-refractivity contribution in [3.05, 3.63) is 82.3 Å². The zero-order valence-electron chi connectivity index (χ0n) is 12.8. The van der Waals surface area contributed by atoms with E-state index in [1.807, 2.05) is 47.8 Å². The summed E-state index contributed by atoms with van der Waals surface area (Å²) in [6, 6.07) is 15.3. The second kappa shape index (κ2) is 7.90. The quantitative estimate of drug-likeness (QED) is 0.669. The van der Waals surface area contributed by atoms with Gasteiger partial charge in [-0.05, 0) is 46.8 Å². The molecule has 2 aromatic heterocycles. The third-order valence-electron chi connectivity index (χ3n) is 3.38. The molecule has 0 fully saturated rings. The molecule has 0 aliphatic rings. The average Bonchev–Trinajstić information content (AvgIpc) is 3.14. The molecular formula is C19H15ClN2OS. The first-order chi connectivity index (χ1) is 11.7. The molecule has 0 radical (unpaired) electrons.